The van der Waals surface area contributed by atoms with Crippen molar-refractivity contribution >= 4 is 30.7 Å². The van der Waals surface area contributed by atoms with Crippen molar-refractivity contribution in [2.24, 2.45) is 0 Å². The third-order valence-corrected chi connectivity index (χ3v) is 6.74. The van der Waals surface area contributed by atoms with E-state index in [0.29, 0.717) is 6.54 Å². The number of carbonyl (C=O) groups excluding carboxylic acids is 1. The smallest absolute Gasteiger partial charge is 0.256 e. The number of hydrogen-bond donors (Lipinski definition) is 2. The highest BCUT2D eigenvalue weighted by Crippen LogP contribution is 2.33. The van der Waals surface area contributed by atoms with Crippen molar-refractivity contribution in [3.8, 4) is 16.9 Å². The highest BCUT2D eigenvalue weighted by atomic mass is 35.5. The first-order valence-corrected chi connectivity index (χ1v) is 12.0. The molecule has 0 aliphatic carbocycles. The highest BCUT2D eigenvalue weighted by Gasteiger charge is 2.31. The maximum absolute atomic E-state index is 14.2. The number of nitrogens with one attached hydrogen (secondary N) is 1. The van der Waals surface area contributed by atoms with Gasteiger partial charge in [0.15, 0.2) is 0 Å². The van der Waals surface area contributed by atoms with E-state index in [9.17, 15) is 4.79 Å². The zero-order valence-electron chi connectivity index (χ0n) is 21.4. The Bertz CT molecular complexity index is 1290. The van der Waals surface area contributed by atoms with Gasteiger partial charge in [0.25, 0.3) is 5.91 Å². The summed E-state index contributed by atoms with van der Waals surface area (Å²) in [4.78, 5) is 16.2. The Labute approximate surface area is 232 Å². The van der Waals surface area contributed by atoms with E-state index in [1.807, 2.05) is 24.3 Å². The van der Waals surface area contributed by atoms with Crippen LogP contribution in [-0.4, -0.2) is 41.1 Å². The molecule has 5 nitrogen and oxygen atoms in total. The predicted octanol–water partition coefficient (Wildman–Crippen LogP) is 6.42. The molecule has 7 heteroatoms. The Morgan fingerprint density at radius 3 is 2.19 bits per heavy atom. The Hall–Kier alpha value is -3.09. The number of rotatable bonds is 5. The van der Waals surface area contributed by atoms with Crippen LogP contribution in [0.2, 0.25) is 0 Å². The average Bonchev–Trinajstić information content (AvgIpc) is 3.22. The molecule has 1 aliphatic heterocycles. The van der Waals surface area contributed by atoms with Gasteiger partial charge in [-0.15, -0.1) is 24.8 Å². The van der Waals surface area contributed by atoms with Crippen LogP contribution in [0, 0.1) is 13.8 Å². The lowest BCUT2D eigenvalue weighted by atomic mass is 10.0. The first-order valence-electron chi connectivity index (χ1n) is 12.0. The number of amides is 1. The summed E-state index contributed by atoms with van der Waals surface area (Å²) in [6.07, 6.45) is 0.845. The molecule has 196 valence electrons. The largest absolute Gasteiger partial charge is 0.344 e. The van der Waals surface area contributed by atoms with E-state index in [1.54, 1.807) is 0 Å². The molecule has 0 saturated carbocycles. The van der Waals surface area contributed by atoms with Gasteiger partial charge < -0.3 is 20.9 Å². The molecule has 0 spiro atoms. The average molecular weight is 540 g/mol. The summed E-state index contributed by atoms with van der Waals surface area (Å²) >= 11 is 0. The van der Waals surface area contributed by atoms with Crippen LogP contribution in [0.3, 0.4) is 0 Å². The van der Waals surface area contributed by atoms with Gasteiger partial charge in [0.2, 0.25) is 0 Å². The van der Waals surface area contributed by atoms with Crippen molar-refractivity contribution in [2.45, 2.75) is 26.3 Å². The summed E-state index contributed by atoms with van der Waals surface area (Å²) in [6.45, 7) is 6.54. The quantitative estimate of drug-likeness (QED) is 0.307. The van der Waals surface area contributed by atoms with E-state index in [-0.39, 0.29) is 42.9 Å². The topological polar surface area (TPSA) is 72.3 Å². The van der Waals surface area contributed by atoms with Gasteiger partial charge in [-0.2, -0.15) is 0 Å². The maximum atomic E-state index is 14.2. The third-order valence-electron chi connectivity index (χ3n) is 6.74. The molecule has 0 radical (unpaired) electrons. The summed E-state index contributed by atoms with van der Waals surface area (Å²) in [6, 6.07) is 31.3. The first-order chi connectivity index (χ1) is 16.6. The summed E-state index contributed by atoms with van der Waals surface area (Å²) in [5.41, 5.74) is 7.40. The molecule has 1 atom stereocenters. The molecule has 4 N–H and O–H groups in total. The highest BCUT2D eigenvalue weighted by molar-refractivity contribution is 6.01. The minimum Gasteiger partial charge on any atom is -0.344 e. The second kappa shape index (κ2) is 13.5. The number of nitrogens with zero attached hydrogens (tertiary/aromatic N) is 2. The number of aromatic nitrogens is 1. The van der Waals surface area contributed by atoms with Gasteiger partial charge in [-0.1, -0.05) is 78.9 Å². The first kappa shape index (κ1) is 30.1. The fourth-order valence-corrected chi connectivity index (χ4v) is 5.06. The number of carbonyl (C=O) groups is 1. The molecule has 37 heavy (non-hydrogen) atoms. The molecule has 1 aromatic heterocycles. The summed E-state index contributed by atoms with van der Waals surface area (Å²) in [5, 5.41) is 3.49. The molecule has 3 aromatic carbocycles. The van der Waals surface area contributed by atoms with Crippen molar-refractivity contribution in [3.63, 3.8) is 0 Å². The Balaban J connectivity index is 0.00000160. The normalized spacial score (nSPS) is 14.6. The van der Waals surface area contributed by atoms with Crippen molar-refractivity contribution in [1.29, 1.82) is 0 Å². The lowest BCUT2D eigenvalue weighted by Gasteiger charge is -2.36. The molecule has 1 amide bonds. The molecular formula is C30H36Cl2N4O. The third kappa shape index (κ3) is 6.25. The van der Waals surface area contributed by atoms with Crippen LogP contribution >= 0.6 is 24.8 Å². The molecule has 0 unspecified atom stereocenters. The maximum Gasteiger partial charge on any atom is 0.256 e. The fraction of sp³-hybridized carbons (Fsp3) is 0.233. The standard InChI is InChI=1S/C30H31N3O.2ClH.H3N/c1-22-11-9-10-16-28(22)33-23(2)19-27(29(33)25-14-7-4-8-15-25)30(34)32-18-17-31-21-26(32)20-24-12-5-3-6-13-24;;;/h3-16,19,26,31H,17-18,20-21H2,1-2H3;2*1H;1H3/t26-;;;/m1.../s1. The molecule has 2 heterocycles. The van der Waals surface area contributed by atoms with Gasteiger partial charge in [-0.25, -0.2) is 0 Å². The molecule has 4 aromatic rings. The minimum absolute atomic E-state index is 0. The van der Waals surface area contributed by atoms with Crippen LogP contribution < -0.4 is 11.5 Å². The van der Waals surface area contributed by atoms with Crippen LogP contribution in [0.1, 0.15) is 27.2 Å². The predicted molar refractivity (Wildman–Crippen MR) is 158 cm³/mol. The molecule has 5 rings (SSSR count). The molecule has 1 fully saturated rings. The SMILES string of the molecule is Cc1ccccc1-n1c(C)cc(C(=O)N2CCNC[C@H]2Cc2ccccc2)c1-c1ccccc1.Cl.Cl.N. The lowest BCUT2D eigenvalue weighted by Crippen LogP contribution is -2.54. The van der Waals surface area contributed by atoms with Gasteiger partial charge >= 0.3 is 0 Å². The van der Waals surface area contributed by atoms with Crippen LogP contribution in [-0.2, 0) is 6.42 Å². The Morgan fingerprint density at radius 2 is 1.51 bits per heavy atom. The van der Waals surface area contributed by atoms with Gasteiger partial charge in [0.05, 0.1) is 11.3 Å². The molecule has 1 saturated heterocycles. The number of hydrogen-bond acceptors (Lipinski definition) is 3. The molecule has 0 bridgehead atoms. The molecular weight excluding hydrogens is 503 g/mol. The van der Waals surface area contributed by atoms with Crippen LogP contribution in [0.25, 0.3) is 16.9 Å². The number of benzene rings is 3. The fourth-order valence-electron chi connectivity index (χ4n) is 5.06. The lowest BCUT2D eigenvalue weighted by molar-refractivity contribution is 0.0637. The zero-order valence-corrected chi connectivity index (χ0v) is 23.0. The monoisotopic (exact) mass is 538 g/mol. The van der Waals surface area contributed by atoms with E-state index in [2.05, 4.69) is 95.4 Å². The number of halogens is 2. The van der Waals surface area contributed by atoms with Crippen molar-refractivity contribution < 1.29 is 4.79 Å². The van der Waals surface area contributed by atoms with Crippen LogP contribution in [0.5, 0.6) is 0 Å². The van der Waals surface area contributed by atoms with Crippen molar-refractivity contribution in [1.82, 2.24) is 20.9 Å². The summed E-state index contributed by atoms with van der Waals surface area (Å²) in [5.74, 6) is 0.108. The van der Waals surface area contributed by atoms with Crippen molar-refractivity contribution in [2.75, 3.05) is 19.6 Å². The number of para-hydroxylation sites is 1. The Morgan fingerprint density at radius 1 is 0.892 bits per heavy atom. The van der Waals surface area contributed by atoms with E-state index >= 15 is 0 Å². The summed E-state index contributed by atoms with van der Waals surface area (Å²) < 4.78 is 2.24. The van der Waals surface area contributed by atoms with Gasteiger partial charge in [-0.05, 0) is 49.1 Å². The zero-order chi connectivity index (χ0) is 23.5. The van der Waals surface area contributed by atoms with Gasteiger partial charge in [-0.3, -0.25) is 4.79 Å². The van der Waals surface area contributed by atoms with E-state index in [1.165, 1.54) is 11.1 Å². The van der Waals surface area contributed by atoms with E-state index in [4.69, 9.17) is 0 Å². The van der Waals surface area contributed by atoms with E-state index < -0.39 is 0 Å². The molecule has 1 aliphatic rings. The Kier molecular flexibility index (Phi) is 11.0. The number of piperazine rings is 1. The van der Waals surface area contributed by atoms with Crippen LogP contribution in [0.4, 0.5) is 0 Å². The van der Waals surface area contributed by atoms with Crippen molar-refractivity contribution in [3.05, 3.63) is 113 Å². The summed E-state index contributed by atoms with van der Waals surface area (Å²) in [7, 11) is 0. The second-order valence-corrected chi connectivity index (χ2v) is 9.08. The van der Waals surface area contributed by atoms with Gasteiger partial charge in [0, 0.05) is 37.1 Å². The van der Waals surface area contributed by atoms with E-state index in [0.717, 1.165) is 47.7 Å². The second-order valence-electron chi connectivity index (χ2n) is 9.08. The van der Waals surface area contributed by atoms with Crippen LogP contribution in [0.15, 0.2) is 91.0 Å². The van der Waals surface area contributed by atoms with Gasteiger partial charge in [0.1, 0.15) is 0 Å². The minimum atomic E-state index is 0. The number of aryl methyl sites for hydroxylation is 2.